The summed E-state index contributed by atoms with van der Waals surface area (Å²) in [6.07, 6.45) is 5.35. The largest absolute Gasteiger partial charge is 0.482 e. The van der Waals surface area contributed by atoms with E-state index in [1.807, 2.05) is 0 Å². The van der Waals surface area contributed by atoms with E-state index in [1.54, 1.807) is 42.5 Å². The van der Waals surface area contributed by atoms with Crippen LogP contribution in [0.5, 0.6) is 5.75 Å². The standard InChI is InChI=1S/C18H13BrN2O3/c1-2-12-4-3-5-14(8-12)20-17(22)10-21-15-7-6-13(19)9-16(15)24-11-18(21)23/h1,3-9H,10-11H2,(H,20,22). The fourth-order valence-corrected chi connectivity index (χ4v) is 2.72. The molecular formula is C18H13BrN2O3. The highest BCUT2D eigenvalue weighted by atomic mass is 79.9. The molecule has 0 spiro atoms. The van der Waals surface area contributed by atoms with Crippen LogP contribution in [0.25, 0.3) is 0 Å². The first kappa shape index (κ1) is 16.1. The van der Waals surface area contributed by atoms with Gasteiger partial charge in [0.1, 0.15) is 12.3 Å². The van der Waals surface area contributed by atoms with Gasteiger partial charge in [-0.15, -0.1) is 6.42 Å². The van der Waals surface area contributed by atoms with E-state index in [9.17, 15) is 9.59 Å². The van der Waals surface area contributed by atoms with Crippen molar-refractivity contribution in [2.45, 2.75) is 0 Å². The van der Waals surface area contributed by atoms with Gasteiger partial charge in [0.2, 0.25) is 5.91 Å². The van der Waals surface area contributed by atoms with Crippen molar-refractivity contribution in [2.24, 2.45) is 0 Å². The fourth-order valence-electron chi connectivity index (χ4n) is 2.38. The van der Waals surface area contributed by atoms with E-state index in [1.165, 1.54) is 4.90 Å². The van der Waals surface area contributed by atoms with E-state index in [2.05, 4.69) is 27.2 Å². The first-order valence-electron chi connectivity index (χ1n) is 7.16. The van der Waals surface area contributed by atoms with Crippen LogP contribution in [-0.4, -0.2) is 25.0 Å². The lowest BCUT2D eigenvalue weighted by molar-refractivity contribution is -0.123. The quantitative estimate of drug-likeness (QED) is 0.827. The van der Waals surface area contributed by atoms with E-state index in [-0.39, 0.29) is 25.0 Å². The highest BCUT2D eigenvalue weighted by molar-refractivity contribution is 9.10. The van der Waals surface area contributed by atoms with Crippen molar-refractivity contribution in [1.82, 2.24) is 0 Å². The third-order valence-corrected chi connectivity index (χ3v) is 3.97. The van der Waals surface area contributed by atoms with Crippen LogP contribution in [0.15, 0.2) is 46.9 Å². The molecule has 0 saturated heterocycles. The molecule has 0 unspecified atom stereocenters. The molecule has 120 valence electrons. The number of hydrogen-bond acceptors (Lipinski definition) is 3. The summed E-state index contributed by atoms with van der Waals surface area (Å²) in [7, 11) is 0. The highest BCUT2D eigenvalue weighted by Crippen LogP contribution is 2.34. The first-order chi connectivity index (χ1) is 11.6. The second kappa shape index (κ2) is 6.77. The summed E-state index contributed by atoms with van der Waals surface area (Å²) in [6.45, 7) is -0.194. The predicted octanol–water partition coefficient (Wildman–Crippen LogP) is 2.79. The van der Waals surface area contributed by atoms with Gasteiger partial charge in [-0.3, -0.25) is 14.5 Å². The third kappa shape index (κ3) is 3.42. The molecule has 0 radical (unpaired) electrons. The minimum atomic E-state index is -0.312. The van der Waals surface area contributed by atoms with Crippen LogP contribution in [0.2, 0.25) is 0 Å². The molecule has 1 aliphatic rings. The SMILES string of the molecule is C#Cc1cccc(NC(=O)CN2C(=O)COc3cc(Br)ccc32)c1. The summed E-state index contributed by atoms with van der Waals surface area (Å²) in [6, 6.07) is 12.3. The van der Waals surface area contributed by atoms with Crippen LogP contribution < -0.4 is 15.0 Å². The van der Waals surface area contributed by atoms with Gasteiger partial charge < -0.3 is 10.1 Å². The Morgan fingerprint density at radius 1 is 1.33 bits per heavy atom. The van der Waals surface area contributed by atoms with Gasteiger partial charge in [0.05, 0.1) is 5.69 Å². The Bertz CT molecular complexity index is 858. The number of nitrogens with zero attached hydrogens (tertiary/aromatic N) is 1. The minimum Gasteiger partial charge on any atom is -0.482 e. The van der Waals surface area contributed by atoms with Gasteiger partial charge in [0, 0.05) is 15.7 Å². The molecule has 0 atom stereocenters. The number of hydrogen-bond donors (Lipinski definition) is 1. The summed E-state index contributed by atoms with van der Waals surface area (Å²) < 4.78 is 6.24. The van der Waals surface area contributed by atoms with Crippen molar-refractivity contribution in [3.8, 4) is 18.1 Å². The summed E-state index contributed by atoms with van der Waals surface area (Å²) in [4.78, 5) is 25.8. The lowest BCUT2D eigenvalue weighted by Crippen LogP contribution is -2.43. The number of anilines is 2. The molecule has 1 aliphatic heterocycles. The number of halogens is 1. The zero-order chi connectivity index (χ0) is 17.1. The molecular weight excluding hydrogens is 372 g/mol. The molecule has 1 N–H and O–H groups in total. The zero-order valence-corrected chi connectivity index (χ0v) is 14.2. The number of amides is 2. The number of terminal acetylenes is 1. The van der Waals surface area contributed by atoms with Crippen molar-refractivity contribution in [2.75, 3.05) is 23.4 Å². The zero-order valence-electron chi connectivity index (χ0n) is 12.6. The molecule has 5 nitrogen and oxygen atoms in total. The average Bonchev–Trinajstić information content (AvgIpc) is 2.57. The molecule has 24 heavy (non-hydrogen) atoms. The van der Waals surface area contributed by atoms with Crippen molar-refractivity contribution in [3.63, 3.8) is 0 Å². The normalized spacial score (nSPS) is 12.8. The van der Waals surface area contributed by atoms with Crippen LogP contribution >= 0.6 is 15.9 Å². The Morgan fingerprint density at radius 3 is 2.96 bits per heavy atom. The van der Waals surface area contributed by atoms with E-state index >= 15 is 0 Å². The van der Waals surface area contributed by atoms with Gasteiger partial charge in [-0.1, -0.05) is 27.9 Å². The Hall–Kier alpha value is -2.78. The van der Waals surface area contributed by atoms with E-state index in [0.29, 0.717) is 22.7 Å². The summed E-state index contributed by atoms with van der Waals surface area (Å²) in [5, 5.41) is 2.75. The third-order valence-electron chi connectivity index (χ3n) is 3.48. The molecule has 6 heteroatoms. The number of nitrogens with one attached hydrogen (secondary N) is 1. The van der Waals surface area contributed by atoms with Crippen molar-refractivity contribution in [1.29, 1.82) is 0 Å². The molecule has 2 aromatic rings. The van der Waals surface area contributed by atoms with Crippen LogP contribution in [0, 0.1) is 12.3 Å². The Morgan fingerprint density at radius 2 is 2.17 bits per heavy atom. The maximum Gasteiger partial charge on any atom is 0.265 e. The van der Waals surface area contributed by atoms with Gasteiger partial charge >= 0.3 is 0 Å². The van der Waals surface area contributed by atoms with Gasteiger partial charge in [-0.05, 0) is 36.4 Å². The van der Waals surface area contributed by atoms with Crippen LogP contribution in [0.3, 0.4) is 0 Å². The van der Waals surface area contributed by atoms with Crippen LogP contribution in [-0.2, 0) is 9.59 Å². The van der Waals surface area contributed by atoms with Gasteiger partial charge in [-0.2, -0.15) is 0 Å². The Kier molecular flexibility index (Phi) is 4.54. The number of ether oxygens (including phenoxy) is 1. The molecule has 2 aromatic carbocycles. The summed E-state index contributed by atoms with van der Waals surface area (Å²) >= 11 is 3.36. The molecule has 3 rings (SSSR count). The smallest absolute Gasteiger partial charge is 0.265 e. The number of benzene rings is 2. The molecule has 0 saturated carbocycles. The molecule has 0 fully saturated rings. The monoisotopic (exact) mass is 384 g/mol. The maximum atomic E-state index is 12.3. The Balaban J connectivity index is 1.77. The van der Waals surface area contributed by atoms with E-state index < -0.39 is 0 Å². The molecule has 0 aromatic heterocycles. The number of carbonyl (C=O) groups is 2. The maximum absolute atomic E-state index is 12.3. The van der Waals surface area contributed by atoms with E-state index in [0.717, 1.165) is 4.47 Å². The molecule has 2 amide bonds. The lowest BCUT2D eigenvalue weighted by Gasteiger charge is -2.29. The minimum absolute atomic E-state index is 0.0939. The topological polar surface area (TPSA) is 58.6 Å². The van der Waals surface area contributed by atoms with Crippen molar-refractivity contribution >= 4 is 39.1 Å². The van der Waals surface area contributed by atoms with Crippen molar-refractivity contribution < 1.29 is 14.3 Å². The fraction of sp³-hybridized carbons (Fsp3) is 0.111. The predicted molar refractivity (Wildman–Crippen MR) is 95.0 cm³/mol. The van der Waals surface area contributed by atoms with Gasteiger partial charge in [-0.25, -0.2) is 0 Å². The number of rotatable bonds is 3. The van der Waals surface area contributed by atoms with Gasteiger partial charge in [0.25, 0.3) is 5.91 Å². The lowest BCUT2D eigenvalue weighted by atomic mass is 10.2. The second-order valence-electron chi connectivity index (χ2n) is 5.15. The van der Waals surface area contributed by atoms with Crippen LogP contribution in [0.1, 0.15) is 5.56 Å². The Labute approximate surface area is 147 Å². The molecule has 0 bridgehead atoms. The molecule has 1 heterocycles. The second-order valence-corrected chi connectivity index (χ2v) is 6.07. The highest BCUT2D eigenvalue weighted by Gasteiger charge is 2.27. The van der Waals surface area contributed by atoms with Crippen LogP contribution in [0.4, 0.5) is 11.4 Å². The summed E-state index contributed by atoms with van der Waals surface area (Å²) in [5.41, 5.74) is 1.83. The summed E-state index contributed by atoms with van der Waals surface area (Å²) in [5.74, 6) is 2.49. The molecule has 0 aliphatic carbocycles. The van der Waals surface area contributed by atoms with E-state index in [4.69, 9.17) is 11.2 Å². The number of carbonyl (C=O) groups excluding carboxylic acids is 2. The average molecular weight is 385 g/mol. The number of fused-ring (bicyclic) bond motifs is 1. The first-order valence-corrected chi connectivity index (χ1v) is 7.95. The van der Waals surface area contributed by atoms with Crippen molar-refractivity contribution in [3.05, 3.63) is 52.5 Å². The van der Waals surface area contributed by atoms with Gasteiger partial charge in [0.15, 0.2) is 6.61 Å².